The Balaban J connectivity index is 2.00. The van der Waals surface area contributed by atoms with Crippen LogP contribution in [0, 0.1) is 5.82 Å². The number of imidazole rings is 1. The van der Waals surface area contributed by atoms with E-state index in [1.54, 1.807) is 0 Å². The van der Waals surface area contributed by atoms with E-state index in [-0.39, 0.29) is 5.82 Å². The summed E-state index contributed by atoms with van der Waals surface area (Å²) in [5.74, 6) is 0.347. The summed E-state index contributed by atoms with van der Waals surface area (Å²) in [5.41, 5.74) is 2.21. The molecule has 0 amide bonds. The summed E-state index contributed by atoms with van der Waals surface area (Å²) in [4.78, 5) is 7.45. The first-order chi connectivity index (χ1) is 9.11. The summed E-state index contributed by atoms with van der Waals surface area (Å²) in [6.07, 6.45) is 0.590. The van der Waals surface area contributed by atoms with Crippen molar-refractivity contribution in [1.82, 2.24) is 9.97 Å². The summed E-state index contributed by atoms with van der Waals surface area (Å²) in [7, 11) is 0. The molecule has 1 aromatic heterocycles. The van der Waals surface area contributed by atoms with Crippen LogP contribution < -0.4 is 0 Å². The van der Waals surface area contributed by atoms with Crippen molar-refractivity contribution in [1.29, 1.82) is 0 Å². The molecule has 3 rings (SSSR count). The summed E-state index contributed by atoms with van der Waals surface area (Å²) in [5, 5.41) is 0.987. The molecule has 2 aromatic carbocycles. The van der Waals surface area contributed by atoms with Gasteiger partial charge in [-0.25, -0.2) is 9.37 Å². The third kappa shape index (κ3) is 2.57. The van der Waals surface area contributed by atoms with Gasteiger partial charge in [-0.15, -0.1) is 0 Å². The number of aromatic amines is 1. The van der Waals surface area contributed by atoms with E-state index in [1.807, 2.05) is 24.3 Å². The molecule has 96 valence electrons. The van der Waals surface area contributed by atoms with Gasteiger partial charge in [0, 0.05) is 11.4 Å². The summed E-state index contributed by atoms with van der Waals surface area (Å²) in [6, 6.07) is 10.2. The lowest BCUT2D eigenvalue weighted by Gasteiger charge is -1.98. The second kappa shape index (κ2) is 4.83. The minimum absolute atomic E-state index is 0.309. The van der Waals surface area contributed by atoms with Gasteiger partial charge >= 0.3 is 0 Å². The lowest BCUT2D eigenvalue weighted by atomic mass is 10.1. The van der Waals surface area contributed by atoms with Crippen LogP contribution in [0.4, 0.5) is 4.39 Å². The van der Waals surface area contributed by atoms with Crippen LogP contribution in [0.25, 0.3) is 11.0 Å². The van der Waals surface area contributed by atoms with E-state index in [1.165, 1.54) is 12.1 Å². The Morgan fingerprint density at radius 2 is 2.00 bits per heavy atom. The van der Waals surface area contributed by atoms with Crippen LogP contribution in [0.15, 0.2) is 36.4 Å². The number of fused-ring (bicyclic) bond motifs is 1. The first-order valence-electron chi connectivity index (χ1n) is 5.70. The maximum Gasteiger partial charge on any atom is 0.126 e. The van der Waals surface area contributed by atoms with Crippen molar-refractivity contribution in [2.24, 2.45) is 0 Å². The number of benzene rings is 2. The number of aromatic nitrogens is 2. The number of nitrogens with one attached hydrogen (secondary N) is 1. The van der Waals surface area contributed by atoms with Crippen molar-refractivity contribution >= 4 is 34.2 Å². The molecule has 5 heteroatoms. The van der Waals surface area contributed by atoms with Crippen molar-refractivity contribution in [2.45, 2.75) is 6.42 Å². The van der Waals surface area contributed by atoms with Crippen LogP contribution in [-0.2, 0) is 6.42 Å². The van der Waals surface area contributed by atoms with Gasteiger partial charge in [0.1, 0.15) is 17.2 Å². The Morgan fingerprint density at radius 3 is 2.79 bits per heavy atom. The molecule has 0 unspecified atom stereocenters. The Labute approximate surface area is 119 Å². The molecule has 3 aromatic rings. The Morgan fingerprint density at radius 1 is 1.16 bits per heavy atom. The van der Waals surface area contributed by atoms with Crippen LogP contribution >= 0.6 is 23.2 Å². The number of halogens is 3. The predicted octanol–water partition coefficient (Wildman–Crippen LogP) is 4.60. The highest BCUT2D eigenvalue weighted by Gasteiger charge is 2.09. The number of H-pyrrole nitrogens is 1. The molecule has 0 atom stereocenters. The molecule has 0 aliphatic carbocycles. The van der Waals surface area contributed by atoms with E-state index in [0.717, 1.165) is 11.4 Å². The van der Waals surface area contributed by atoms with Gasteiger partial charge in [-0.2, -0.15) is 0 Å². The zero-order chi connectivity index (χ0) is 13.4. The molecule has 0 aliphatic rings. The molecule has 0 spiro atoms. The van der Waals surface area contributed by atoms with Gasteiger partial charge in [-0.1, -0.05) is 35.3 Å². The van der Waals surface area contributed by atoms with Crippen LogP contribution in [0.2, 0.25) is 10.0 Å². The summed E-state index contributed by atoms with van der Waals surface area (Å²) < 4.78 is 13.2. The summed E-state index contributed by atoms with van der Waals surface area (Å²) in [6.45, 7) is 0. The van der Waals surface area contributed by atoms with Crippen LogP contribution in [0.3, 0.4) is 0 Å². The fourth-order valence-electron chi connectivity index (χ4n) is 2.02. The van der Waals surface area contributed by atoms with E-state index < -0.39 is 0 Å². The van der Waals surface area contributed by atoms with Crippen molar-refractivity contribution in [3.63, 3.8) is 0 Å². The molecule has 19 heavy (non-hydrogen) atoms. The number of rotatable bonds is 2. The average Bonchev–Trinajstić information content (AvgIpc) is 2.71. The molecule has 0 fully saturated rings. The van der Waals surface area contributed by atoms with Gasteiger partial charge in [0.2, 0.25) is 0 Å². The maximum absolute atomic E-state index is 13.2. The van der Waals surface area contributed by atoms with Gasteiger partial charge < -0.3 is 4.98 Å². The number of hydrogen-bond donors (Lipinski definition) is 1. The van der Waals surface area contributed by atoms with Gasteiger partial charge in [0.15, 0.2) is 0 Å². The fourth-order valence-corrected chi connectivity index (χ4v) is 2.48. The fraction of sp³-hybridized carbons (Fsp3) is 0.0714. The van der Waals surface area contributed by atoms with Crippen molar-refractivity contribution in [3.8, 4) is 0 Å². The van der Waals surface area contributed by atoms with E-state index in [4.69, 9.17) is 23.2 Å². The summed E-state index contributed by atoms with van der Waals surface area (Å²) >= 11 is 11.9. The monoisotopic (exact) mass is 294 g/mol. The second-order valence-electron chi connectivity index (χ2n) is 4.27. The number of hydrogen-bond acceptors (Lipinski definition) is 1. The third-order valence-electron chi connectivity index (χ3n) is 2.81. The molecular weight excluding hydrogens is 286 g/mol. The van der Waals surface area contributed by atoms with Crippen molar-refractivity contribution in [3.05, 3.63) is 63.6 Å². The smallest absolute Gasteiger partial charge is 0.126 e. The minimum atomic E-state index is -0.379. The molecule has 1 heterocycles. The lowest BCUT2D eigenvalue weighted by Crippen LogP contribution is -1.90. The highest BCUT2D eigenvalue weighted by Crippen LogP contribution is 2.24. The van der Waals surface area contributed by atoms with E-state index in [2.05, 4.69) is 9.97 Å². The van der Waals surface area contributed by atoms with E-state index in [9.17, 15) is 4.39 Å². The first kappa shape index (κ1) is 12.5. The minimum Gasteiger partial charge on any atom is -0.342 e. The zero-order valence-corrected chi connectivity index (χ0v) is 11.3. The van der Waals surface area contributed by atoms with Crippen LogP contribution in [0.1, 0.15) is 11.4 Å². The van der Waals surface area contributed by atoms with Crippen molar-refractivity contribution in [2.75, 3.05) is 0 Å². The molecule has 1 N–H and O–H groups in total. The predicted molar refractivity (Wildman–Crippen MR) is 75.3 cm³/mol. The Hall–Kier alpha value is -1.58. The topological polar surface area (TPSA) is 28.7 Å². The van der Waals surface area contributed by atoms with E-state index >= 15 is 0 Å². The maximum atomic E-state index is 13.2. The van der Waals surface area contributed by atoms with Gasteiger partial charge in [0.25, 0.3) is 0 Å². The molecule has 0 radical (unpaired) electrons. The van der Waals surface area contributed by atoms with Crippen LogP contribution in [0.5, 0.6) is 0 Å². The Bertz CT molecular complexity index is 752. The normalized spacial score (nSPS) is 11.1. The second-order valence-corrected chi connectivity index (χ2v) is 5.12. The van der Waals surface area contributed by atoms with Gasteiger partial charge in [-0.3, -0.25) is 0 Å². The highest BCUT2D eigenvalue weighted by molar-refractivity contribution is 6.34. The standard InChI is InChI=1S/C14H9Cl2FN2/c15-9-3-1-2-8(4-9)5-13-18-12-7-10(17)6-11(16)14(12)19-13/h1-4,6-7H,5H2,(H,18,19). The lowest BCUT2D eigenvalue weighted by molar-refractivity contribution is 0.629. The first-order valence-corrected chi connectivity index (χ1v) is 6.45. The van der Waals surface area contributed by atoms with Crippen LogP contribution in [-0.4, -0.2) is 9.97 Å². The average molecular weight is 295 g/mol. The SMILES string of the molecule is Fc1cc(Cl)c2nc(Cc3cccc(Cl)c3)[nH]c2c1. The van der Waals surface area contributed by atoms with Gasteiger partial charge in [0.05, 0.1) is 10.5 Å². The molecule has 0 saturated heterocycles. The molecular formula is C14H9Cl2FN2. The zero-order valence-electron chi connectivity index (χ0n) is 9.75. The molecule has 2 nitrogen and oxygen atoms in total. The largest absolute Gasteiger partial charge is 0.342 e. The Kier molecular flexibility index (Phi) is 3.17. The van der Waals surface area contributed by atoms with Crippen molar-refractivity contribution < 1.29 is 4.39 Å². The number of nitrogens with zero attached hydrogens (tertiary/aromatic N) is 1. The molecule has 0 aliphatic heterocycles. The van der Waals surface area contributed by atoms with Gasteiger partial charge in [-0.05, 0) is 29.8 Å². The molecule has 0 saturated carbocycles. The van der Waals surface area contributed by atoms with E-state index in [0.29, 0.717) is 27.5 Å². The highest BCUT2D eigenvalue weighted by atomic mass is 35.5. The third-order valence-corrected chi connectivity index (χ3v) is 3.34. The quantitative estimate of drug-likeness (QED) is 0.735. The molecule has 0 bridgehead atoms.